The zero-order valence-electron chi connectivity index (χ0n) is 11.5. The lowest BCUT2D eigenvalue weighted by Crippen LogP contribution is -2.23. The van der Waals surface area contributed by atoms with Crippen LogP contribution in [0.3, 0.4) is 0 Å². The molecule has 110 valence electrons. The molecule has 0 aliphatic carbocycles. The average Bonchev–Trinajstić information content (AvgIpc) is 2.48. The Morgan fingerprint density at radius 3 is 2.76 bits per heavy atom. The van der Waals surface area contributed by atoms with Gasteiger partial charge in [-0.3, -0.25) is 4.79 Å². The number of carbonyl (C=O) groups is 1. The van der Waals surface area contributed by atoms with Crippen molar-refractivity contribution in [2.24, 2.45) is 0 Å². The fourth-order valence-electron chi connectivity index (χ4n) is 1.57. The fraction of sp³-hybridized carbons (Fsp3) is 0.214. The largest absolute Gasteiger partial charge is 0.495 e. The van der Waals surface area contributed by atoms with Gasteiger partial charge < -0.3 is 10.1 Å². The first kappa shape index (κ1) is 15.6. The van der Waals surface area contributed by atoms with Gasteiger partial charge >= 0.3 is 0 Å². The first-order valence-corrected chi connectivity index (χ1v) is 7.44. The van der Waals surface area contributed by atoms with Crippen LogP contribution < -0.4 is 10.1 Å². The summed E-state index contributed by atoms with van der Waals surface area (Å²) in [6.07, 6.45) is 3.28. The SMILES string of the molecule is COc1ccc(Cl)cc1NC(=O)C(C)Sc1ncccn1. The lowest BCUT2D eigenvalue weighted by molar-refractivity contribution is -0.115. The number of anilines is 1. The molecule has 0 radical (unpaired) electrons. The minimum Gasteiger partial charge on any atom is -0.495 e. The maximum Gasteiger partial charge on any atom is 0.237 e. The van der Waals surface area contributed by atoms with E-state index in [1.165, 1.54) is 18.9 Å². The van der Waals surface area contributed by atoms with Crippen LogP contribution in [0.2, 0.25) is 5.02 Å². The molecule has 0 fully saturated rings. The number of methoxy groups -OCH3 is 1. The number of nitrogens with one attached hydrogen (secondary N) is 1. The van der Waals surface area contributed by atoms with E-state index in [2.05, 4.69) is 15.3 Å². The van der Waals surface area contributed by atoms with E-state index < -0.39 is 0 Å². The van der Waals surface area contributed by atoms with Crippen molar-refractivity contribution in [3.63, 3.8) is 0 Å². The summed E-state index contributed by atoms with van der Waals surface area (Å²) >= 11 is 7.22. The Balaban J connectivity index is 2.05. The molecule has 1 unspecified atom stereocenters. The number of aromatic nitrogens is 2. The van der Waals surface area contributed by atoms with Gasteiger partial charge in [0.25, 0.3) is 0 Å². The summed E-state index contributed by atoms with van der Waals surface area (Å²) in [5.41, 5.74) is 0.538. The Bertz CT molecular complexity index is 625. The third kappa shape index (κ3) is 4.34. The number of benzene rings is 1. The van der Waals surface area contributed by atoms with Gasteiger partial charge in [0.15, 0.2) is 5.16 Å². The normalized spacial score (nSPS) is 11.8. The molecule has 0 aliphatic rings. The van der Waals surface area contributed by atoms with Crippen molar-refractivity contribution >= 4 is 35.0 Å². The van der Waals surface area contributed by atoms with Crippen LogP contribution >= 0.6 is 23.4 Å². The molecule has 2 rings (SSSR count). The molecule has 1 heterocycles. The monoisotopic (exact) mass is 323 g/mol. The van der Waals surface area contributed by atoms with Crippen molar-refractivity contribution in [3.8, 4) is 5.75 Å². The van der Waals surface area contributed by atoms with Crippen LogP contribution in [0, 0.1) is 0 Å². The van der Waals surface area contributed by atoms with Crippen LogP contribution in [0.1, 0.15) is 6.92 Å². The minimum absolute atomic E-state index is 0.173. The predicted molar refractivity (Wildman–Crippen MR) is 84.0 cm³/mol. The zero-order valence-corrected chi connectivity index (χ0v) is 13.1. The van der Waals surface area contributed by atoms with Crippen LogP contribution in [-0.2, 0) is 4.79 Å². The van der Waals surface area contributed by atoms with Crippen LogP contribution in [0.15, 0.2) is 41.8 Å². The highest BCUT2D eigenvalue weighted by molar-refractivity contribution is 8.00. The molecule has 5 nitrogen and oxygen atoms in total. The van der Waals surface area contributed by atoms with Crippen molar-refractivity contribution < 1.29 is 9.53 Å². The zero-order chi connectivity index (χ0) is 15.2. The summed E-state index contributed by atoms with van der Waals surface area (Å²) in [5.74, 6) is 0.383. The summed E-state index contributed by atoms with van der Waals surface area (Å²) in [5, 5.41) is 3.53. The van der Waals surface area contributed by atoms with E-state index in [9.17, 15) is 4.79 Å². The lowest BCUT2D eigenvalue weighted by Gasteiger charge is -2.13. The molecule has 1 aromatic heterocycles. The number of hydrogen-bond acceptors (Lipinski definition) is 5. The van der Waals surface area contributed by atoms with E-state index in [-0.39, 0.29) is 11.2 Å². The van der Waals surface area contributed by atoms with Crippen LogP contribution in [0.5, 0.6) is 5.75 Å². The average molecular weight is 324 g/mol. The second-order valence-corrected chi connectivity index (χ2v) is 5.87. The molecule has 1 N–H and O–H groups in total. The summed E-state index contributed by atoms with van der Waals surface area (Å²) in [4.78, 5) is 20.4. The van der Waals surface area contributed by atoms with Gasteiger partial charge in [-0.05, 0) is 31.2 Å². The first-order chi connectivity index (χ1) is 10.1. The van der Waals surface area contributed by atoms with Crippen LogP contribution in [-0.4, -0.2) is 28.2 Å². The molecule has 1 atom stereocenters. The number of hydrogen-bond donors (Lipinski definition) is 1. The van der Waals surface area contributed by atoms with E-state index in [0.29, 0.717) is 21.6 Å². The smallest absolute Gasteiger partial charge is 0.237 e. The van der Waals surface area contributed by atoms with Gasteiger partial charge in [-0.1, -0.05) is 23.4 Å². The number of rotatable bonds is 5. The van der Waals surface area contributed by atoms with E-state index in [4.69, 9.17) is 16.3 Å². The quantitative estimate of drug-likeness (QED) is 0.676. The van der Waals surface area contributed by atoms with E-state index in [0.717, 1.165) is 0 Å². The predicted octanol–water partition coefficient (Wildman–Crippen LogP) is 3.26. The summed E-state index contributed by atoms with van der Waals surface area (Å²) < 4.78 is 5.19. The molecule has 0 bridgehead atoms. The molecule has 0 aliphatic heterocycles. The van der Waals surface area contributed by atoms with Crippen LogP contribution in [0.25, 0.3) is 0 Å². The van der Waals surface area contributed by atoms with E-state index in [1.807, 2.05) is 0 Å². The Labute approximate surface area is 132 Å². The van der Waals surface area contributed by atoms with Crippen molar-refractivity contribution in [2.45, 2.75) is 17.3 Å². The fourth-order valence-corrected chi connectivity index (χ4v) is 2.47. The molecule has 21 heavy (non-hydrogen) atoms. The molecule has 0 saturated heterocycles. The second-order valence-electron chi connectivity index (χ2n) is 4.13. The number of nitrogens with zero attached hydrogens (tertiary/aromatic N) is 2. The van der Waals surface area contributed by atoms with Gasteiger partial charge in [0.2, 0.25) is 5.91 Å². The van der Waals surface area contributed by atoms with Gasteiger partial charge in [-0.25, -0.2) is 9.97 Å². The highest BCUT2D eigenvalue weighted by atomic mass is 35.5. The summed E-state index contributed by atoms with van der Waals surface area (Å²) in [7, 11) is 1.54. The minimum atomic E-state index is -0.351. The van der Waals surface area contributed by atoms with Crippen LogP contribution in [0.4, 0.5) is 5.69 Å². The summed E-state index contributed by atoms with van der Waals surface area (Å²) in [6.45, 7) is 1.79. The molecule has 0 spiro atoms. The molecule has 1 amide bonds. The molecule has 1 aromatic carbocycles. The number of halogens is 1. The highest BCUT2D eigenvalue weighted by Crippen LogP contribution is 2.29. The van der Waals surface area contributed by atoms with Crippen molar-refractivity contribution in [1.29, 1.82) is 0 Å². The van der Waals surface area contributed by atoms with Crippen molar-refractivity contribution in [2.75, 3.05) is 12.4 Å². The van der Waals surface area contributed by atoms with Gasteiger partial charge in [0.1, 0.15) is 5.75 Å². The topological polar surface area (TPSA) is 64.1 Å². The maximum atomic E-state index is 12.2. The van der Waals surface area contributed by atoms with E-state index in [1.54, 1.807) is 43.6 Å². The molecule has 2 aromatic rings. The van der Waals surface area contributed by atoms with Gasteiger partial charge in [-0.15, -0.1) is 0 Å². The molecular weight excluding hydrogens is 310 g/mol. The molecule has 0 saturated carbocycles. The first-order valence-electron chi connectivity index (χ1n) is 6.18. The third-order valence-corrected chi connectivity index (χ3v) is 3.84. The second kappa shape index (κ2) is 7.28. The maximum absolute atomic E-state index is 12.2. The third-order valence-electron chi connectivity index (χ3n) is 2.61. The number of amides is 1. The Kier molecular flexibility index (Phi) is 5.41. The summed E-state index contributed by atoms with van der Waals surface area (Å²) in [6, 6.07) is 6.78. The number of thioether (sulfide) groups is 1. The van der Waals surface area contributed by atoms with Gasteiger partial charge in [0, 0.05) is 17.4 Å². The lowest BCUT2D eigenvalue weighted by atomic mass is 10.3. The van der Waals surface area contributed by atoms with E-state index >= 15 is 0 Å². The van der Waals surface area contributed by atoms with Crippen molar-refractivity contribution in [3.05, 3.63) is 41.7 Å². The number of ether oxygens (including phenoxy) is 1. The van der Waals surface area contributed by atoms with Gasteiger partial charge in [0.05, 0.1) is 18.0 Å². The molecule has 7 heteroatoms. The van der Waals surface area contributed by atoms with Gasteiger partial charge in [-0.2, -0.15) is 0 Å². The Hall–Kier alpha value is -1.79. The van der Waals surface area contributed by atoms with Crippen molar-refractivity contribution in [1.82, 2.24) is 9.97 Å². The number of carbonyl (C=O) groups excluding carboxylic acids is 1. The Morgan fingerprint density at radius 2 is 2.10 bits per heavy atom. The molecular formula is C14H14ClN3O2S. The Morgan fingerprint density at radius 1 is 1.38 bits per heavy atom. The standard InChI is InChI=1S/C14H14ClN3O2S/c1-9(21-14-16-6-3-7-17-14)13(19)18-11-8-10(15)4-5-12(11)20-2/h3-9H,1-2H3,(H,18,19). The highest BCUT2D eigenvalue weighted by Gasteiger charge is 2.17.